The normalized spacial score (nSPS) is 19.4. The lowest BCUT2D eigenvalue weighted by molar-refractivity contribution is -0.140. The van der Waals surface area contributed by atoms with E-state index < -0.39 is 0 Å². The number of rotatable bonds is 17. The molecule has 3 heteroatoms. The number of hydrogen-bond donors (Lipinski definition) is 0. The Labute approximate surface area is 154 Å². The van der Waals surface area contributed by atoms with Crippen LogP contribution in [-0.4, -0.2) is 23.6 Å². The van der Waals surface area contributed by atoms with Gasteiger partial charge in [0.25, 0.3) is 0 Å². The fraction of sp³-hybridized carbons (Fsp3) is 0.952. The molecule has 2 unspecified atom stereocenters. The van der Waals surface area contributed by atoms with Gasteiger partial charge in [-0.1, -0.05) is 84.0 Å². The Morgan fingerprint density at radius 1 is 0.750 bits per heavy atom. The molecule has 0 spiro atoms. The van der Waals surface area contributed by atoms with Crippen molar-refractivity contribution < 1.29 is 9.53 Å². The molecule has 0 radical (unpaired) electrons. The van der Waals surface area contributed by atoms with Crippen LogP contribution in [0.1, 0.15) is 110 Å². The van der Waals surface area contributed by atoms with Gasteiger partial charge in [0.2, 0.25) is 0 Å². The fourth-order valence-corrected chi connectivity index (χ4v) is 4.76. The number of unbranched alkanes of at least 4 members (excludes halogenated alkanes) is 11. The van der Waals surface area contributed by atoms with E-state index in [1.807, 2.05) is 0 Å². The van der Waals surface area contributed by atoms with Crippen molar-refractivity contribution in [2.75, 3.05) is 7.11 Å². The zero-order valence-electron chi connectivity index (χ0n) is 16.2. The number of ether oxygens (including phenoxy) is 1. The predicted octanol–water partition coefficient (Wildman–Crippen LogP) is 6.90. The second kappa shape index (κ2) is 15.1. The topological polar surface area (TPSA) is 26.3 Å². The highest BCUT2D eigenvalue weighted by atomic mass is 32.2. The van der Waals surface area contributed by atoms with E-state index in [1.54, 1.807) is 0 Å². The Kier molecular flexibility index (Phi) is 13.8. The molecule has 0 saturated carbocycles. The van der Waals surface area contributed by atoms with E-state index in [4.69, 9.17) is 0 Å². The number of carbonyl (C=O) groups excluding carboxylic acids is 1. The molecule has 0 N–H and O–H groups in total. The largest absolute Gasteiger partial charge is 0.469 e. The quantitative estimate of drug-likeness (QED) is 0.161. The molecule has 1 rings (SSSR count). The van der Waals surface area contributed by atoms with Crippen LogP contribution in [0.3, 0.4) is 0 Å². The van der Waals surface area contributed by atoms with E-state index in [2.05, 4.69) is 23.4 Å². The smallest absolute Gasteiger partial charge is 0.305 e. The zero-order chi connectivity index (χ0) is 17.5. The van der Waals surface area contributed by atoms with Crippen molar-refractivity contribution in [1.29, 1.82) is 0 Å². The lowest BCUT2D eigenvalue weighted by Crippen LogP contribution is -1.99. The highest BCUT2D eigenvalue weighted by Gasteiger charge is 2.35. The van der Waals surface area contributed by atoms with Crippen LogP contribution in [0.5, 0.6) is 0 Å². The first kappa shape index (κ1) is 21.9. The van der Waals surface area contributed by atoms with E-state index in [0.29, 0.717) is 6.42 Å². The van der Waals surface area contributed by atoms with Crippen LogP contribution >= 0.6 is 11.8 Å². The highest BCUT2D eigenvalue weighted by Crippen LogP contribution is 2.47. The lowest BCUT2D eigenvalue weighted by atomic mass is 10.0. The third-order valence-electron chi connectivity index (χ3n) is 5.11. The van der Waals surface area contributed by atoms with Gasteiger partial charge in [-0.3, -0.25) is 4.79 Å². The van der Waals surface area contributed by atoms with Gasteiger partial charge in [0, 0.05) is 16.9 Å². The van der Waals surface area contributed by atoms with Gasteiger partial charge in [0.1, 0.15) is 0 Å². The van der Waals surface area contributed by atoms with Crippen molar-refractivity contribution in [3.8, 4) is 0 Å². The molecule has 2 atom stereocenters. The Morgan fingerprint density at radius 2 is 1.21 bits per heavy atom. The highest BCUT2D eigenvalue weighted by molar-refractivity contribution is 8.07. The number of thioether (sulfide) groups is 1. The van der Waals surface area contributed by atoms with Crippen LogP contribution in [0.15, 0.2) is 0 Å². The average molecular weight is 357 g/mol. The Morgan fingerprint density at radius 3 is 1.71 bits per heavy atom. The van der Waals surface area contributed by atoms with Gasteiger partial charge >= 0.3 is 5.97 Å². The summed E-state index contributed by atoms with van der Waals surface area (Å²) in [4.78, 5) is 11.0. The van der Waals surface area contributed by atoms with Crippen LogP contribution in [0, 0.1) is 0 Å². The molecular weight excluding hydrogens is 316 g/mol. The third-order valence-corrected chi connectivity index (χ3v) is 6.62. The fourth-order valence-electron chi connectivity index (χ4n) is 3.46. The molecule has 2 nitrogen and oxygen atoms in total. The third kappa shape index (κ3) is 12.2. The molecule has 0 aromatic carbocycles. The van der Waals surface area contributed by atoms with Crippen LogP contribution in [0.25, 0.3) is 0 Å². The van der Waals surface area contributed by atoms with E-state index in [1.165, 1.54) is 97.0 Å². The SMILES string of the molecule is CCCC1SC1CCCCCCCCCCCCCCC(=O)OC. The van der Waals surface area contributed by atoms with Crippen molar-refractivity contribution >= 4 is 17.7 Å². The van der Waals surface area contributed by atoms with Gasteiger partial charge in [-0.25, -0.2) is 0 Å². The monoisotopic (exact) mass is 356 g/mol. The minimum Gasteiger partial charge on any atom is -0.469 e. The summed E-state index contributed by atoms with van der Waals surface area (Å²) < 4.78 is 4.65. The first-order valence-corrected chi connectivity index (χ1v) is 11.4. The summed E-state index contributed by atoms with van der Waals surface area (Å²) in [7, 11) is 1.47. The first-order chi connectivity index (χ1) is 11.8. The number of esters is 1. The molecule has 0 aliphatic carbocycles. The van der Waals surface area contributed by atoms with Crippen LogP contribution < -0.4 is 0 Å². The summed E-state index contributed by atoms with van der Waals surface area (Å²) in [6.07, 6.45) is 21.1. The maximum Gasteiger partial charge on any atom is 0.305 e. The number of methoxy groups -OCH3 is 1. The van der Waals surface area contributed by atoms with Crippen molar-refractivity contribution in [3.05, 3.63) is 0 Å². The van der Waals surface area contributed by atoms with Crippen LogP contribution in [-0.2, 0) is 9.53 Å². The Balaban J connectivity index is 1.67. The van der Waals surface area contributed by atoms with Gasteiger partial charge in [-0.15, -0.1) is 0 Å². The van der Waals surface area contributed by atoms with E-state index in [9.17, 15) is 4.79 Å². The molecule has 1 aliphatic heterocycles. The van der Waals surface area contributed by atoms with Gasteiger partial charge in [0.05, 0.1) is 7.11 Å². The summed E-state index contributed by atoms with van der Waals surface area (Å²) in [6, 6.07) is 0. The van der Waals surface area contributed by atoms with Gasteiger partial charge in [-0.2, -0.15) is 11.8 Å². The molecule has 1 aliphatic rings. The summed E-state index contributed by atoms with van der Waals surface area (Å²) in [5.41, 5.74) is 0. The molecule has 0 bridgehead atoms. The second-order valence-electron chi connectivity index (χ2n) is 7.36. The molecule has 0 amide bonds. The van der Waals surface area contributed by atoms with E-state index in [0.717, 1.165) is 16.9 Å². The van der Waals surface area contributed by atoms with Crippen molar-refractivity contribution in [3.63, 3.8) is 0 Å². The van der Waals surface area contributed by atoms with E-state index in [-0.39, 0.29) is 5.97 Å². The molecule has 0 aromatic rings. The van der Waals surface area contributed by atoms with Crippen molar-refractivity contribution in [2.24, 2.45) is 0 Å². The summed E-state index contributed by atoms with van der Waals surface area (Å²) in [6.45, 7) is 2.31. The second-order valence-corrected chi connectivity index (χ2v) is 8.84. The first-order valence-electron chi connectivity index (χ1n) is 10.5. The van der Waals surface area contributed by atoms with Gasteiger partial charge in [0.15, 0.2) is 0 Å². The van der Waals surface area contributed by atoms with Gasteiger partial charge in [-0.05, 0) is 19.3 Å². The summed E-state index contributed by atoms with van der Waals surface area (Å²) in [5, 5.41) is 2.05. The number of hydrogen-bond acceptors (Lipinski definition) is 3. The molecule has 1 saturated heterocycles. The summed E-state index contributed by atoms with van der Waals surface area (Å²) >= 11 is 2.23. The minimum absolute atomic E-state index is 0.0633. The lowest BCUT2D eigenvalue weighted by Gasteiger charge is -2.03. The Bertz CT molecular complexity index is 306. The maximum absolute atomic E-state index is 11.0. The van der Waals surface area contributed by atoms with Crippen LogP contribution in [0.4, 0.5) is 0 Å². The molecule has 0 aromatic heterocycles. The summed E-state index contributed by atoms with van der Waals surface area (Å²) in [5.74, 6) is -0.0633. The van der Waals surface area contributed by atoms with Crippen LogP contribution in [0.2, 0.25) is 0 Å². The van der Waals surface area contributed by atoms with E-state index >= 15 is 0 Å². The number of carbonyl (C=O) groups is 1. The molecule has 142 valence electrons. The zero-order valence-corrected chi connectivity index (χ0v) is 17.0. The predicted molar refractivity (Wildman–Crippen MR) is 107 cm³/mol. The van der Waals surface area contributed by atoms with Crippen molar-refractivity contribution in [1.82, 2.24) is 0 Å². The minimum atomic E-state index is -0.0633. The molecule has 1 fully saturated rings. The Hall–Kier alpha value is -0.180. The average Bonchev–Trinajstić information content (AvgIpc) is 3.33. The standard InChI is InChI=1S/C21H40O2S/c1-3-16-19-20(24-19)17-14-12-10-8-6-4-5-7-9-11-13-15-18-21(22)23-2/h19-20H,3-18H2,1-2H3. The van der Waals surface area contributed by atoms with Gasteiger partial charge < -0.3 is 4.74 Å². The van der Waals surface area contributed by atoms with Crippen molar-refractivity contribution in [2.45, 2.75) is 120 Å². The molecule has 24 heavy (non-hydrogen) atoms. The maximum atomic E-state index is 11.0. The molecule has 1 heterocycles. The molecular formula is C21H40O2S.